The van der Waals surface area contributed by atoms with Gasteiger partial charge in [-0.2, -0.15) is 13.2 Å². The van der Waals surface area contributed by atoms with Crippen molar-refractivity contribution in [3.8, 4) is 22.6 Å². The Hall–Kier alpha value is -3.79. The molecule has 33 heavy (non-hydrogen) atoms. The Balaban J connectivity index is 1.81. The molecule has 0 aliphatic rings. The van der Waals surface area contributed by atoms with Crippen molar-refractivity contribution in [2.75, 3.05) is 25.3 Å². The molecular weight excluding hydrogens is 455 g/mol. The Kier molecular flexibility index (Phi) is 5.86. The van der Waals surface area contributed by atoms with Gasteiger partial charge in [0.2, 0.25) is 0 Å². The minimum atomic E-state index is -4.65. The Labute approximate surface area is 190 Å². The molecule has 0 saturated carbocycles. The molecular formula is C23H18F3N3O3S. The van der Waals surface area contributed by atoms with E-state index in [2.05, 4.69) is 10.3 Å². The largest absolute Gasteiger partial charge is 0.493 e. The number of ether oxygens (including phenoxy) is 2. The third-order valence-electron chi connectivity index (χ3n) is 4.92. The lowest BCUT2D eigenvalue weighted by Gasteiger charge is -2.11. The quantitative estimate of drug-likeness (QED) is 0.381. The highest BCUT2D eigenvalue weighted by Crippen LogP contribution is 2.42. The van der Waals surface area contributed by atoms with Crippen LogP contribution in [0.2, 0.25) is 0 Å². The average molecular weight is 473 g/mol. The summed E-state index contributed by atoms with van der Waals surface area (Å²) in [5.41, 5.74) is 6.48. The number of aromatic nitrogens is 1. The maximum absolute atomic E-state index is 13.5. The lowest BCUT2D eigenvalue weighted by molar-refractivity contribution is -0.140. The second-order valence-electron chi connectivity index (χ2n) is 6.97. The topological polar surface area (TPSA) is 86.5 Å². The molecule has 2 aromatic carbocycles. The van der Waals surface area contributed by atoms with E-state index >= 15 is 0 Å². The Morgan fingerprint density at radius 2 is 1.73 bits per heavy atom. The van der Waals surface area contributed by atoms with Crippen LogP contribution in [0.25, 0.3) is 21.3 Å². The Morgan fingerprint density at radius 3 is 2.36 bits per heavy atom. The monoisotopic (exact) mass is 473 g/mol. The lowest BCUT2D eigenvalue weighted by Crippen LogP contribution is -2.12. The SMILES string of the molecule is COc1ccc(NC(=O)c2sc3nc(C(F)(F)F)cc(-c4ccccc4)c3c2N)cc1OC. The number of anilines is 2. The summed E-state index contributed by atoms with van der Waals surface area (Å²) in [6, 6.07) is 14.3. The summed E-state index contributed by atoms with van der Waals surface area (Å²) in [5, 5.41) is 3.00. The molecule has 2 aromatic heterocycles. The number of rotatable bonds is 5. The number of hydrogen-bond donors (Lipinski definition) is 2. The molecule has 0 spiro atoms. The minimum absolute atomic E-state index is 0.0265. The van der Waals surface area contributed by atoms with Gasteiger partial charge in [-0.05, 0) is 29.3 Å². The van der Waals surface area contributed by atoms with Crippen LogP contribution in [-0.2, 0) is 6.18 Å². The number of amides is 1. The molecule has 0 atom stereocenters. The lowest BCUT2D eigenvalue weighted by atomic mass is 10.0. The van der Waals surface area contributed by atoms with Crippen molar-refractivity contribution in [1.82, 2.24) is 4.98 Å². The first kappa shape index (κ1) is 22.4. The molecule has 0 aliphatic heterocycles. The van der Waals surface area contributed by atoms with E-state index < -0.39 is 17.8 Å². The summed E-state index contributed by atoms with van der Waals surface area (Å²) in [4.78, 5) is 16.8. The number of thiophene rings is 1. The highest BCUT2D eigenvalue weighted by Gasteiger charge is 2.34. The van der Waals surface area contributed by atoms with Crippen LogP contribution in [-0.4, -0.2) is 25.1 Å². The van der Waals surface area contributed by atoms with Crippen LogP contribution in [0.1, 0.15) is 15.4 Å². The van der Waals surface area contributed by atoms with Crippen molar-refractivity contribution < 1.29 is 27.4 Å². The van der Waals surface area contributed by atoms with Crippen molar-refractivity contribution in [1.29, 1.82) is 0 Å². The summed E-state index contributed by atoms with van der Waals surface area (Å²) < 4.78 is 50.9. The maximum atomic E-state index is 13.5. The zero-order valence-corrected chi connectivity index (χ0v) is 18.3. The minimum Gasteiger partial charge on any atom is -0.493 e. The molecule has 0 unspecified atom stereocenters. The van der Waals surface area contributed by atoms with Crippen molar-refractivity contribution in [2.24, 2.45) is 0 Å². The van der Waals surface area contributed by atoms with Crippen molar-refractivity contribution in [3.05, 3.63) is 65.2 Å². The first-order chi connectivity index (χ1) is 15.7. The van der Waals surface area contributed by atoms with Crippen LogP contribution < -0.4 is 20.5 Å². The van der Waals surface area contributed by atoms with Crippen LogP contribution in [0, 0.1) is 0 Å². The van der Waals surface area contributed by atoms with Crippen molar-refractivity contribution in [3.63, 3.8) is 0 Å². The number of hydrogen-bond acceptors (Lipinski definition) is 6. The van der Waals surface area contributed by atoms with E-state index in [1.54, 1.807) is 48.5 Å². The molecule has 4 aromatic rings. The van der Waals surface area contributed by atoms with E-state index in [9.17, 15) is 18.0 Å². The fraction of sp³-hybridized carbons (Fsp3) is 0.130. The number of fused-ring (bicyclic) bond motifs is 1. The molecule has 6 nitrogen and oxygen atoms in total. The van der Waals surface area contributed by atoms with Crippen LogP contribution >= 0.6 is 11.3 Å². The van der Waals surface area contributed by atoms with Gasteiger partial charge in [-0.25, -0.2) is 4.98 Å². The number of nitrogen functional groups attached to an aromatic ring is 1. The number of pyridine rings is 1. The van der Waals surface area contributed by atoms with Gasteiger partial charge >= 0.3 is 6.18 Å². The van der Waals surface area contributed by atoms with Crippen LogP contribution in [0.15, 0.2) is 54.6 Å². The highest BCUT2D eigenvalue weighted by atomic mass is 32.1. The van der Waals surface area contributed by atoms with Crippen molar-refractivity contribution >= 4 is 38.8 Å². The van der Waals surface area contributed by atoms with Crippen LogP contribution in [0.3, 0.4) is 0 Å². The van der Waals surface area contributed by atoms with Gasteiger partial charge in [0.1, 0.15) is 15.4 Å². The van der Waals surface area contributed by atoms with E-state index in [1.807, 2.05) is 0 Å². The number of benzene rings is 2. The van der Waals surface area contributed by atoms with Crippen LogP contribution in [0.5, 0.6) is 11.5 Å². The number of nitrogens with one attached hydrogen (secondary N) is 1. The van der Waals surface area contributed by atoms with E-state index in [0.29, 0.717) is 28.1 Å². The summed E-state index contributed by atoms with van der Waals surface area (Å²) in [6.45, 7) is 0. The molecule has 4 rings (SSSR count). The van der Waals surface area contributed by atoms with Gasteiger partial charge in [-0.3, -0.25) is 4.79 Å². The molecule has 3 N–H and O–H groups in total. The molecule has 0 saturated heterocycles. The Morgan fingerprint density at radius 1 is 1.03 bits per heavy atom. The molecule has 0 aliphatic carbocycles. The fourth-order valence-corrected chi connectivity index (χ4v) is 4.40. The van der Waals surface area contributed by atoms with Crippen molar-refractivity contribution in [2.45, 2.75) is 6.18 Å². The third kappa shape index (κ3) is 4.29. The number of carbonyl (C=O) groups is 1. The van der Waals surface area contributed by atoms with E-state index in [4.69, 9.17) is 15.2 Å². The van der Waals surface area contributed by atoms with Gasteiger partial charge in [0.05, 0.1) is 19.9 Å². The fourth-order valence-electron chi connectivity index (χ4n) is 3.38. The Bertz CT molecular complexity index is 1340. The molecule has 1 amide bonds. The predicted octanol–water partition coefficient (Wildman–Crippen LogP) is 5.83. The summed E-state index contributed by atoms with van der Waals surface area (Å²) in [7, 11) is 2.95. The van der Waals surface area contributed by atoms with Gasteiger partial charge < -0.3 is 20.5 Å². The third-order valence-corrected chi connectivity index (χ3v) is 6.02. The first-order valence-electron chi connectivity index (χ1n) is 9.62. The predicted molar refractivity (Wildman–Crippen MR) is 122 cm³/mol. The number of halogens is 3. The highest BCUT2D eigenvalue weighted by molar-refractivity contribution is 7.21. The molecule has 2 heterocycles. The normalized spacial score (nSPS) is 11.4. The number of alkyl halides is 3. The van der Waals surface area contributed by atoms with E-state index in [1.165, 1.54) is 14.2 Å². The van der Waals surface area contributed by atoms with Gasteiger partial charge in [-0.1, -0.05) is 30.3 Å². The first-order valence-corrected chi connectivity index (χ1v) is 10.4. The summed E-state index contributed by atoms with van der Waals surface area (Å²) >= 11 is 0.804. The standard InChI is InChI=1S/C23H18F3N3O3S/c1-31-15-9-8-13(10-16(15)32-2)28-21(30)20-19(27)18-14(12-6-4-3-5-7-12)11-17(23(24,25)26)29-22(18)33-20/h3-11H,27H2,1-2H3,(H,28,30). The maximum Gasteiger partial charge on any atom is 0.433 e. The number of methoxy groups -OCH3 is 2. The van der Waals surface area contributed by atoms with Gasteiger partial charge in [0, 0.05) is 17.1 Å². The second kappa shape index (κ2) is 8.62. The average Bonchev–Trinajstić information content (AvgIpc) is 3.15. The number of carbonyl (C=O) groups excluding carboxylic acids is 1. The molecule has 0 radical (unpaired) electrons. The van der Waals surface area contributed by atoms with Crippen LogP contribution in [0.4, 0.5) is 24.5 Å². The second-order valence-corrected chi connectivity index (χ2v) is 7.97. The number of nitrogens with two attached hydrogens (primary N) is 1. The number of nitrogens with zero attached hydrogens (tertiary/aromatic N) is 1. The van der Waals surface area contributed by atoms with E-state index in [0.717, 1.165) is 17.4 Å². The van der Waals surface area contributed by atoms with Gasteiger partial charge in [-0.15, -0.1) is 11.3 Å². The summed E-state index contributed by atoms with van der Waals surface area (Å²) in [6.07, 6.45) is -4.65. The van der Waals surface area contributed by atoms with E-state index in [-0.39, 0.29) is 21.0 Å². The smallest absolute Gasteiger partial charge is 0.433 e. The van der Waals surface area contributed by atoms with Gasteiger partial charge in [0.15, 0.2) is 11.5 Å². The van der Waals surface area contributed by atoms with Gasteiger partial charge in [0.25, 0.3) is 5.91 Å². The molecule has 170 valence electrons. The molecule has 0 bridgehead atoms. The summed E-state index contributed by atoms with van der Waals surface area (Å²) in [5.74, 6) is 0.311. The zero-order chi connectivity index (χ0) is 23.8. The molecule has 10 heteroatoms. The zero-order valence-electron chi connectivity index (χ0n) is 17.5. The molecule has 0 fully saturated rings.